The summed E-state index contributed by atoms with van der Waals surface area (Å²) in [6.07, 6.45) is 0.701. The number of nitrogens with zero attached hydrogens (tertiary/aromatic N) is 1. The van der Waals surface area contributed by atoms with Gasteiger partial charge in [0.05, 0.1) is 17.8 Å². The minimum Gasteiger partial charge on any atom is -0.378 e. The van der Waals surface area contributed by atoms with Crippen LogP contribution < -0.4 is 11.3 Å². The lowest BCUT2D eigenvalue weighted by atomic mass is 9.99. The molecule has 1 aromatic heterocycles. The molecule has 0 aliphatic carbocycles. The lowest BCUT2D eigenvalue weighted by Crippen LogP contribution is -2.36. The summed E-state index contributed by atoms with van der Waals surface area (Å²) in [5.74, 6) is 0.504. The van der Waals surface area contributed by atoms with Crippen LogP contribution in [0.4, 0.5) is 0 Å². The zero-order chi connectivity index (χ0) is 11.5. The molecule has 16 heavy (non-hydrogen) atoms. The van der Waals surface area contributed by atoms with Gasteiger partial charge in [0.1, 0.15) is 5.82 Å². The Kier molecular flexibility index (Phi) is 5.64. The fourth-order valence-corrected chi connectivity index (χ4v) is 1.17. The van der Waals surface area contributed by atoms with Gasteiger partial charge in [0.2, 0.25) is 0 Å². The van der Waals surface area contributed by atoms with Crippen molar-refractivity contribution in [3.8, 4) is 0 Å². The van der Waals surface area contributed by atoms with Crippen LogP contribution in [0.3, 0.4) is 0 Å². The van der Waals surface area contributed by atoms with Gasteiger partial charge in [-0.25, -0.2) is 4.98 Å². The summed E-state index contributed by atoms with van der Waals surface area (Å²) in [6, 6.07) is 1.42. The number of nitrogens with one attached hydrogen (secondary N) is 1. The molecule has 0 fully saturated rings. The predicted octanol–water partition coefficient (Wildman–Crippen LogP) is 0.922. The number of aromatic nitrogens is 2. The van der Waals surface area contributed by atoms with Crippen LogP contribution in [0.15, 0.2) is 10.9 Å². The third-order valence-corrected chi connectivity index (χ3v) is 2.36. The van der Waals surface area contributed by atoms with E-state index in [1.807, 2.05) is 13.8 Å². The second kappa shape index (κ2) is 5.98. The molecule has 0 saturated heterocycles. The molecule has 0 aliphatic heterocycles. The fraction of sp³-hybridized carbons (Fsp3) is 0.600. The number of rotatable bonds is 4. The van der Waals surface area contributed by atoms with Crippen molar-refractivity contribution >= 4 is 12.4 Å². The maximum Gasteiger partial charge on any atom is 0.251 e. The predicted molar refractivity (Wildman–Crippen MR) is 64.6 cm³/mol. The first-order chi connectivity index (χ1) is 6.99. The summed E-state index contributed by atoms with van der Waals surface area (Å²) < 4.78 is 4.93. The van der Waals surface area contributed by atoms with Crippen LogP contribution in [0.2, 0.25) is 0 Å². The van der Waals surface area contributed by atoms with Gasteiger partial charge in [0.25, 0.3) is 5.56 Å². The fourth-order valence-electron chi connectivity index (χ4n) is 1.17. The highest BCUT2D eigenvalue weighted by Gasteiger charge is 2.21. The molecule has 1 heterocycles. The molecular formula is C10H18ClN3O2. The largest absolute Gasteiger partial charge is 0.378 e. The van der Waals surface area contributed by atoms with E-state index >= 15 is 0 Å². The Morgan fingerprint density at radius 3 is 2.75 bits per heavy atom. The third-order valence-electron chi connectivity index (χ3n) is 2.36. The monoisotopic (exact) mass is 247 g/mol. The van der Waals surface area contributed by atoms with Crippen LogP contribution in [0.25, 0.3) is 0 Å². The third kappa shape index (κ3) is 3.59. The van der Waals surface area contributed by atoms with Crippen molar-refractivity contribution in [2.75, 3.05) is 7.11 Å². The number of halogens is 1. The highest BCUT2D eigenvalue weighted by atomic mass is 35.5. The molecule has 92 valence electrons. The second-order valence-electron chi connectivity index (χ2n) is 3.79. The van der Waals surface area contributed by atoms with E-state index in [-0.39, 0.29) is 18.0 Å². The van der Waals surface area contributed by atoms with Crippen LogP contribution >= 0.6 is 12.4 Å². The number of hydrogen-bond donors (Lipinski definition) is 2. The molecule has 0 amide bonds. The molecular weight excluding hydrogens is 230 g/mol. The Bertz CT molecular complexity index is 390. The first-order valence-corrected chi connectivity index (χ1v) is 4.88. The SMILES string of the molecule is CCC(C)(N)c1nc(COC)cc(=O)[nH]1.Cl. The number of nitrogens with two attached hydrogens (primary N) is 1. The molecule has 0 aliphatic rings. The van der Waals surface area contributed by atoms with Gasteiger partial charge in [-0.05, 0) is 13.3 Å². The quantitative estimate of drug-likeness (QED) is 0.829. The minimum atomic E-state index is -0.608. The Morgan fingerprint density at radius 1 is 1.62 bits per heavy atom. The van der Waals surface area contributed by atoms with Gasteiger partial charge < -0.3 is 15.5 Å². The topological polar surface area (TPSA) is 81.0 Å². The van der Waals surface area contributed by atoms with Crippen molar-refractivity contribution in [2.45, 2.75) is 32.4 Å². The van der Waals surface area contributed by atoms with Crippen LogP contribution in [0.5, 0.6) is 0 Å². The Hall–Kier alpha value is -0.910. The summed E-state index contributed by atoms with van der Waals surface area (Å²) in [6.45, 7) is 4.10. The maximum atomic E-state index is 11.3. The molecule has 0 radical (unpaired) electrons. The number of aromatic amines is 1. The Labute approximate surface area is 101 Å². The lowest BCUT2D eigenvalue weighted by molar-refractivity contribution is 0.180. The number of methoxy groups -OCH3 is 1. The first kappa shape index (κ1) is 15.1. The summed E-state index contributed by atoms with van der Waals surface area (Å²) >= 11 is 0. The molecule has 0 saturated carbocycles. The van der Waals surface area contributed by atoms with Gasteiger partial charge in [-0.2, -0.15) is 0 Å². The van der Waals surface area contributed by atoms with E-state index in [1.165, 1.54) is 6.07 Å². The summed E-state index contributed by atoms with van der Waals surface area (Å²) in [4.78, 5) is 18.3. The van der Waals surface area contributed by atoms with Gasteiger partial charge in [0.15, 0.2) is 0 Å². The molecule has 0 spiro atoms. The van der Waals surface area contributed by atoms with Gasteiger partial charge >= 0.3 is 0 Å². The lowest BCUT2D eigenvalue weighted by Gasteiger charge is -2.21. The average Bonchev–Trinajstić information content (AvgIpc) is 2.17. The number of ether oxygens (including phenoxy) is 1. The van der Waals surface area contributed by atoms with Crippen LogP contribution in [-0.2, 0) is 16.9 Å². The molecule has 0 bridgehead atoms. The summed E-state index contributed by atoms with van der Waals surface area (Å²) in [7, 11) is 1.56. The van der Waals surface area contributed by atoms with Gasteiger partial charge in [-0.1, -0.05) is 6.92 Å². The second-order valence-corrected chi connectivity index (χ2v) is 3.79. The van der Waals surface area contributed by atoms with E-state index in [4.69, 9.17) is 10.5 Å². The molecule has 5 nitrogen and oxygen atoms in total. The van der Waals surface area contributed by atoms with Crippen LogP contribution in [0, 0.1) is 0 Å². The zero-order valence-corrected chi connectivity index (χ0v) is 10.6. The molecule has 1 atom stereocenters. The molecule has 1 unspecified atom stereocenters. The molecule has 3 N–H and O–H groups in total. The summed E-state index contributed by atoms with van der Waals surface area (Å²) in [5, 5.41) is 0. The van der Waals surface area contributed by atoms with Gasteiger partial charge in [-0.3, -0.25) is 4.79 Å². The summed E-state index contributed by atoms with van der Waals surface area (Å²) in [5.41, 5.74) is 5.79. The standard InChI is InChI=1S/C10H17N3O2.ClH/c1-4-10(2,11)9-12-7(6-15-3)5-8(14)13-9;/h5H,4,6,11H2,1-3H3,(H,12,13,14);1H. The van der Waals surface area contributed by atoms with Crippen molar-refractivity contribution in [3.05, 3.63) is 27.9 Å². The Balaban J connectivity index is 0.00000225. The molecule has 1 aromatic rings. The van der Waals surface area contributed by atoms with E-state index in [9.17, 15) is 4.79 Å². The van der Waals surface area contributed by atoms with Crippen LogP contribution in [0.1, 0.15) is 31.8 Å². The van der Waals surface area contributed by atoms with Crippen molar-refractivity contribution < 1.29 is 4.74 Å². The van der Waals surface area contributed by atoms with E-state index in [0.29, 0.717) is 24.5 Å². The minimum absolute atomic E-state index is 0. The zero-order valence-electron chi connectivity index (χ0n) is 9.74. The van der Waals surface area contributed by atoms with E-state index in [2.05, 4.69) is 9.97 Å². The first-order valence-electron chi connectivity index (χ1n) is 4.88. The normalized spacial score (nSPS) is 14.0. The average molecular weight is 248 g/mol. The van der Waals surface area contributed by atoms with Crippen molar-refractivity contribution in [2.24, 2.45) is 5.73 Å². The van der Waals surface area contributed by atoms with Crippen LogP contribution in [-0.4, -0.2) is 17.1 Å². The van der Waals surface area contributed by atoms with Gasteiger partial charge in [-0.15, -0.1) is 12.4 Å². The smallest absolute Gasteiger partial charge is 0.251 e. The van der Waals surface area contributed by atoms with Gasteiger partial charge in [0, 0.05) is 13.2 Å². The van der Waals surface area contributed by atoms with Crippen molar-refractivity contribution in [1.29, 1.82) is 0 Å². The highest BCUT2D eigenvalue weighted by molar-refractivity contribution is 5.85. The van der Waals surface area contributed by atoms with Crippen molar-refractivity contribution in [1.82, 2.24) is 9.97 Å². The van der Waals surface area contributed by atoms with E-state index in [1.54, 1.807) is 7.11 Å². The van der Waals surface area contributed by atoms with E-state index < -0.39 is 5.54 Å². The maximum absolute atomic E-state index is 11.3. The Morgan fingerprint density at radius 2 is 2.25 bits per heavy atom. The van der Waals surface area contributed by atoms with Crippen molar-refractivity contribution in [3.63, 3.8) is 0 Å². The molecule has 6 heteroatoms. The number of H-pyrrole nitrogens is 1. The highest BCUT2D eigenvalue weighted by Crippen LogP contribution is 2.15. The van der Waals surface area contributed by atoms with E-state index in [0.717, 1.165) is 0 Å². The molecule has 1 rings (SSSR count). The number of hydrogen-bond acceptors (Lipinski definition) is 4. The molecule has 0 aromatic carbocycles.